The average molecular weight is 383 g/mol. The van der Waals surface area contributed by atoms with Crippen LogP contribution in [0.1, 0.15) is 24.0 Å². The Hall–Kier alpha value is -2.35. The van der Waals surface area contributed by atoms with E-state index in [0.29, 0.717) is 31.5 Å². The Morgan fingerprint density at radius 3 is 2.44 bits per heavy atom. The molecule has 8 heteroatoms. The number of nitrogens with one attached hydrogen (secondary N) is 1. The lowest BCUT2D eigenvalue weighted by Gasteiger charge is -2.39. The van der Waals surface area contributed by atoms with E-state index in [1.165, 1.54) is 23.1 Å². The van der Waals surface area contributed by atoms with E-state index < -0.39 is 17.8 Å². The molecular formula is C19H24F3N3O2. The molecular weight excluding hydrogens is 359 g/mol. The fraction of sp³-hybridized carbons (Fsp3) is 0.474. The van der Waals surface area contributed by atoms with Gasteiger partial charge in [-0.2, -0.15) is 13.2 Å². The van der Waals surface area contributed by atoms with Crippen LogP contribution in [0.25, 0.3) is 0 Å². The Balaban J connectivity index is 2.12. The van der Waals surface area contributed by atoms with Gasteiger partial charge in [0.15, 0.2) is 0 Å². The number of rotatable bonds is 5. The lowest BCUT2D eigenvalue weighted by Crippen LogP contribution is -2.54. The van der Waals surface area contributed by atoms with E-state index >= 15 is 0 Å². The summed E-state index contributed by atoms with van der Waals surface area (Å²) in [4.78, 5) is 27.6. The van der Waals surface area contributed by atoms with Crippen LogP contribution >= 0.6 is 0 Å². The van der Waals surface area contributed by atoms with Crippen LogP contribution in [0.2, 0.25) is 0 Å². The van der Waals surface area contributed by atoms with Crippen molar-refractivity contribution in [1.29, 1.82) is 0 Å². The highest BCUT2D eigenvalue weighted by atomic mass is 19.4. The van der Waals surface area contributed by atoms with Gasteiger partial charge >= 0.3 is 6.18 Å². The normalized spacial score (nSPS) is 20.8. The summed E-state index contributed by atoms with van der Waals surface area (Å²) in [5, 5.41) is 2.82. The summed E-state index contributed by atoms with van der Waals surface area (Å²) in [6.07, 6.45) is -2.09. The summed E-state index contributed by atoms with van der Waals surface area (Å²) in [5.41, 5.74) is 0.00569. The van der Waals surface area contributed by atoms with Gasteiger partial charge in [0, 0.05) is 33.2 Å². The largest absolute Gasteiger partial charge is 0.416 e. The minimum absolute atomic E-state index is 0.0977. The zero-order valence-corrected chi connectivity index (χ0v) is 15.4. The number of halogens is 3. The summed E-state index contributed by atoms with van der Waals surface area (Å²) in [5.74, 6) is -0.383. The minimum atomic E-state index is -4.37. The number of hydrogen-bond acceptors (Lipinski definition) is 3. The molecule has 27 heavy (non-hydrogen) atoms. The number of amides is 2. The molecule has 1 fully saturated rings. The summed E-state index contributed by atoms with van der Waals surface area (Å²) in [6, 6.07) is 4.38. The number of likely N-dealkylation sites (tertiary alicyclic amines) is 1. The van der Waals surface area contributed by atoms with Crippen molar-refractivity contribution in [3.63, 3.8) is 0 Å². The monoisotopic (exact) mass is 383 g/mol. The average Bonchev–Trinajstić information content (AvgIpc) is 2.61. The first-order chi connectivity index (χ1) is 12.6. The highest BCUT2D eigenvalue weighted by Gasteiger charge is 2.35. The van der Waals surface area contributed by atoms with Gasteiger partial charge in [0.1, 0.15) is 0 Å². The zero-order valence-electron chi connectivity index (χ0n) is 15.4. The summed E-state index contributed by atoms with van der Waals surface area (Å²) >= 11 is 0. The van der Waals surface area contributed by atoms with Crippen LogP contribution in [0, 0.1) is 0 Å². The Morgan fingerprint density at radius 1 is 1.30 bits per heavy atom. The molecule has 0 radical (unpaired) electrons. The molecule has 5 nitrogen and oxygen atoms in total. The standard InChI is InChI=1S/C19H24F3N3O2/c1-4-17(26)23-15-9-10-25(16(11-15)18(27)24(2)3)12-13-5-7-14(8-6-13)19(20,21)22/h4-8,15-16H,1,9-12H2,2-3H3,(H,23,26)/t15?,16-/m1/s1. The molecule has 2 rings (SSSR count). The molecule has 1 aromatic carbocycles. The van der Waals surface area contributed by atoms with Gasteiger partial charge in [-0.15, -0.1) is 0 Å². The number of hydrogen-bond donors (Lipinski definition) is 1. The van der Waals surface area contributed by atoms with Gasteiger partial charge in [-0.1, -0.05) is 18.7 Å². The van der Waals surface area contributed by atoms with Gasteiger partial charge in [0.25, 0.3) is 0 Å². The van der Waals surface area contributed by atoms with Crippen molar-refractivity contribution in [3.8, 4) is 0 Å². The molecule has 1 heterocycles. The van der Waals surface area contributed by atoms with Crippen molar-refractivity contribution in [3.05, 3.63) is 48.0 Å². The molecule has 148 valence electrons. The summed E-state index contributed by atoms with van der Waals surface area (Å²) in [6.45, 7) is 4.34. The lowest BCUT2D eigenvalue weighted by atomic mass is 9.95. The first-order valence-corrected chi connectivity index (χ1v) is 8.66. The second-order valence-corrected chi connectivity index (χ2v) is 6.85. The molecule has 1 aliphatic rings. The predicted molar refractivity (Wildman–Crippen MR) is 95.7 cm³/mol. The van der Waals surface area contributed by atoms with Crippen LogP contribution in [0.4, 0.5) is 13.2 Å². The Labute approximate surface area is 156 Å². The summed E-state index contributed by atoms with van der Waals surface area (Å²) in [7, 11) is 3.31. The number of benzene rings is 1. The van der Waals surface area contributed by atoms with E-state index in [-0.39, 0.29) is 17.9 Å². The molecule has 1 saturated heterocycles. The van der Waals surface area contributed by atoms with Crippen molar-refractivity contribution in [1.82, 2.24) is 15.1 Å². The zero-order chi connectivity index (χ0) is 20.2. The number of piperidine rings is 1. The van der Waals surface area contributed by atoms with Crippen molar-refractivity contribution >= 4 is 11.8 Å². The van der Waals surface area contributed by atoms with E-state index in [0.717, 1.165) is 12.1 Å². The molecule has 1 N–H and O–H groups in total. The minimum Gasteiger partial charge on any atom is -0.350 e. The predicted octanol–water partition coefficient (Wildman–Crippen LogP) is 2.43. The van der Waals surface area contributed by atoms with Crippen LogP contribution in [-0.2, 0) is 22.3 Å². The third-order valence-electron chi connectivity index (χ3n) is 4.64. The maximum Gasteiger partial charge on any atom is 0.416 e. The molecule has 1 unspecified atom stereocenters. The first kappa shape index (κ1) is 21.0. The Bertz CT molecular complexity index is 686. The fourth-order valence-corrected chi connectivity index (χ4v) is 3.18. The van der Waals surface area contributed by atoms with Gasteiger partial charge < -0.3 is 10.2 Å². The van der Waals surface area contributed by atoms with Gasteiger partial charge in [-0.25, -0.2) is 0 Å². The van der Waals surface area contributed by atoms with Crippen molar-refractivity contribution in [2.45, 2.75) is 37.6 Å². The number of carbonyl (C=O) groups excluding carboxylic acids is 2. The fourth-order valence-electron chi connectivity index (χ4n) is 3.18. The third kappa shape index (κ3) is 5.56. The van der Waals surface area contributed by atoms with Gasteiger partial charge in [-0.3, -0.25) is 14.5 Å². The number of alkyl halides is 3. The van der Waals surface area contributed by atoms with Crippen LogP contribution in [0.3, 0.4) is 0 Å². The smallest absolute Gasteiger partial charge is 0.350 e. The van der Waals surface area contributed by atoms with E-state index in [9.17, 15) is 22.8 Å². The van der Waals surface area contributed by atoms with E-state index in [4.69, 9.17) is 0 Å². The molecule has 0 saturated carbocycles. The maximum atomic E-state index is 12.7. The van der Waals surface area contributed by atoms with Crippen LogP contribution < -0.4 is 5.32 Å². The molecule has 0 spiro atoms. The van der Waals surface area contributed by atoms with Crippen LogP contribution in [0.5, 0.6) is 0 Å². The highest BCUT2D eigenvalue weighted by molar-refractivity contribution is 5.87. The van der Waals surface area contributed by atoms with Crippen molar-refractivity contribution in [2.24, 2.45) is 0 Å². The third-order valence-corrected chi connectivity index (χ3v) is 4.64. The van der Waals surface area contributed by atoms with Gasteiger partial charge in [0.2, 0.25) is 11.8 Å². The van der Waals surface area contributed by atoms with Gasteiger partial charge in [0.05, 0.1) is 11.6 Å². The molecule has 0 bridgehead atoms. The first-order valence-electron chi connectivity index (χ1n) is 8.66. The maximum absolute atomic E-state index is 12.7. The van der Waals surface area contributed by atoms with E-state index in [2.05, 4.69) is 11.9 Å². The number of nitrogens with zero attached hydrogens (tertiary/aromatic N) is 2. The lowest BCUT2D eigenvalue weighted by molar-refractivity contribution is -0.137. The molecule has 1 aromatic rings. The molecule has 1 aliphatic heterocycles. The van der Waals surface area contributed by atoms with Gasteiger partial charge in [-0.05, 0) is 36.6 Å². The topological polar surface area (TPSA) is 52.7 Å². The number of carbonyl (C=O) groups is 2. The number of likely N-dealkylation sites (N-methyl/N-ethyl adjacent to an activating group) is 1. The van der Waals surface area contributed by atoms with Crippen LogP contribution in [-0.4, -0.2) is 54.3 Å². The van der Waals surface area contributed by atoms with Crippen LogP contribution in [0.15, 0.2) is 36.9 Å². The van der Waals surface area contributed by atoms with Crippen molar-refractivity contribution < 1.29 is 22.8 Å². The Kier molecular flexibility index (Phi) is 6.64. The molecule has 0 aromatic heterocycles. The second-order valence-electron chi connectivity index (χ2n) is 6.85. The second kappa shape index (κ2) is 8.56. The molecule has 2 atom stereocenters. The Morgan fingerprint density at radius 2 is 1.93 bits per heavy atom. The summed E-state index contributed by atoms with van der Waals surface area (Å²) < 4.78 is 38.1. The van der Waals surface area contributed by atoms with E-state index in [1.807, 2.05) is 4.90 Å². The van der Waals surface area contributed by atoms with E-state index in [1.54, 1.807) is 14.1 Å². The molecule has 2 amide bonds. The molecule has 0 aliphatic carbocycles. The highest BCUT2D eigenvalue weighted by Crippen LogP contribution is 2.29. The SMILES string of the molecule is C=CC(=O)NC1CCN(Cc2ccc(C(F)(F)F)cc2)[C@@H](C(=O)N(C)C)C1. The quantitative estimate of drug-likeness (QED) is 0.795. The van der Waals surface area contributed by atoms with Crippen molar-refractivity contribution in [2.75, 3.05) is 20.6 Å².